The van der Waals surface area contributed by atoms with Crippen LogP contribution in [0.5, 0.6) is 0 Å². The van der Waals surface area contributed by atoms with E-state index in [9.17, 15) is 4.79 Å². The normalized spacial score (nSPS) is 11.2. The number of pyridine rings is 1. The highest BCUT2D eigenvalue weighted by molar-refractivity contribution is 6.32. The highest BCUT2D eigenvalue weighted by Gasteiger charge is 2.11. The van der Waals surface area contributed by atoms with Gasteiger partial charge in [0.1, 0.15) is 5.15 Å². The van der Waals surface area contributed by atoms with Crippen molar-refractivity contribution in [1.29, 1.82) is 0 Å². The summed E-state index contributed by atoms with van der Waals surface area (Å²) < 4.78 is 1.88. The number of rotatable bonds is 4. The average molecular weight is 389 g/mol. The van der Waals surface area contributed by atoms with E-state index in [1.165, 1.54) is 6.21 Å². The van der Waals surface area contributed by atoms with Crippen LogP contribution >= 0.6 is 11.6 Å². The number of carbonyl (C=O) groups is 1. The minimum absolute atomic E-state index is 0.305. The van der Waals surface area contributed by atoms with Gasteiger partial charge in [0.2, 0.25) is 0 Å². The Balaban J connectivity index is 1.56. The number of benzene rings is 2. The lowest BCUT2D eigenvalue weighted by Crippen LogP contribution is -2.19. The van der Waals surface area contributed by atoms with Gasteiger partial charge < -0.3 is 4.57 Å². The SMILES string of the molecule is Cc1ccc2cc(/C=N\NC(=O)c3ccccc3-n3cccc3)c(Cl)nc2c1. The first-order valence-electron chi connectivity index (χ1n) is 8.74. The van der Waals surface area contributed by atoms with Crippen molar-refractivity contribution < 1.29 is 4.79 Å². The molecule has 0 fully saturated rings. The number of hydrogen-bond donors (Lipinski definition) is 1. The van der Waals surface area contributed by atoms with Gasteiger partial charge >= 0.3 is 0 Å². The minimum atomic E-state index is -0.305. The van der Waals surface area contributed by atoms with E-state index < -0.39 is 0 Å². The molecule has 0 radical (unpaired) electrons. The first-order chi connectivity index (χ1) is 13.6. The smallest absolute Gasteiger partial charge is 0.273 e. The van der Waals surface area contributed by atoms with Crippen molar-refractivity contribution in [2.75, 3.05) is 0 Å². The average Bonchev–Trinajstić information content (AvgIpc) is 3.23. The van der Waals surface area contributed by atoms with E-state index in [0.717, 1.165) is 22.2 Å². The van der Waals surface area contributed by atoms with Crippen molar-refractivity contribution in [3.63, 3.8) is 0 Å². The van der Waals surface area contributed by atoms with Crippen LogP contribution in [0.25, 0.3) is 16.6 Å². The van der Waals surface area contributed by atoms with Gasteiger partial charge in [-0.05, 0) is 48.9 Å². The Labute approximate surface area is 167 Å². The topological polar surface area (TPSA) is 59.3 Å². The predicted octanol–water partition coefficient (Wildman–Crippen LogP) is 4.75. The summed E-state index contributed by atoms with van der Waals surface area (Å²) in [4.78, 5) is 17.0. The van der Waals surface area contributed by atoms with Crippen LogP contribution in [0.3, 0.4) is 0 Å². The van der Waals surface area contributed by atoms with Crippen LogP contribution in [0, 0.1) is 6.92 Å². The van der Waals surface area contributed by atoms with Crippen molar-refractivity contribution in [1.82, 2.24) is 15.0 Å². The number of para-hydroxylation sites is 1. The fourth-order valence-corrected chi connectivity index (χ4v) is 3.16. The van der Waals surface area contributed by atoms with Crippen molar-refractivity contribution in [2.24, 2.45) is 5.10 Å². The molecule has 0 saturated heterocycles. The number of amides is 1. The zero-order valence-electron chi connectivity index (χ0n) is 15.1. The molecule has 1 amide bonds. The number of carbonyl (C=O) groups excluding carboxylic acids is 1. The minimum Gasteiger partial charge on any atom is -0.323 e. The van der Waals surface area contributed by atoms with Gasteiger partial charge in [0, 0.05) is 23.3 Å². The molecule has 4 aromatic rings. The largest absolute Gasteiger partial charge is 0.323 e. The Morgan fingerprint density at radius 3 is 2.71 bits per heavy atom. The first-order valence-corrected chi connectivity index (χ1v) is 9.12. The van der Waals surface area contributed by atoms with Crippen LogP contribution in [0.4, 0.5) is 0 Å². The number of aryl methyl sites for hydroxylation is 1. The summed E-state index contributed by atoms with van der Waals surface area (Å²) >= 11 is 6.26. The number of fused-ring (bicyclic) bond motifs is 1. The number of hydrazone groups is 1. The molecular weight excluding hydrogens is 372 g/mol. The van der Waals surface area contributed by atoms with Gasteiger partial charge in [0.25, 0.3) is 5.91 Å². The molecule has 0 bridgehead atoms. The highest BCUT2D eigenvalue weighted by atomic mass is 35.5. The Bertz CT molecular complexity index is 1180. The number of nitrogens with one attached hydrogen (secondary N) is 1. The molecular formula is C22H17ClN4O. The summed E-state index contributed by atoms with van der Waals surface area (Å²) in [5.74, 6) is -0.305. The lowest BCUT2D eigenvalue weighted by atomic mass is 10.1. The van der Waals surface area contributed by atoms with Gasteiger partial charge in [-0.2, -0.15) is 5.10 Å². The van der Waals surface area contributed by atoms with Crippen molar-refractivity contribution in [3.8, 4) is 5.69 Å². The Morgan fingerprint density at radius 2 is 1.89 bits per heavy atom. The Morgan fingerprint density at radius 1 is 1.11 bits per heavy atom. The fourth-order valence-electron chi connectivity index (χ4n) is 2.97. The van der Waals surface area contributed by atoms with Crippen molar-refractivity contribution in [3.05, 3.63) is 94.9 Å². The predicted molar refractivity (Wildman–Crippen MR) is 112 cm³/mol. The summed E-state index contributed by atoms with van der Waals surface area (Å²) in [6.07, 6.45) is 5.28. The third-order valence-electron chi connectivity index (χ3n) is 4.35. The molecule has 0 aliphatic carbocycles. The van der Waals surface area contributed by atoms with E-state index >= 15 is 0 Å². The molecule has 5 nitrogen and oxygen atoms in total. The van der Waals surface area contributed by atoms with Crippen LogP contribution < -0.4 is 5.43 Å². The number of halogens is 1. The third-order valence-corrected chi connectivity index (χ3v) is 4.66. The van der Waals surface area contributed by atoms with E-state index in [0.29, 0.717) is 16.3 Å². The van der Waals surface area contributed by atoms with Gasteiger partial charge in [-0.1, -0.05) is 35.9 Å². The summed E-state index contributed by atoms with van der Waals surface area (Å²) in [5, 5.41) is 5.36. The Kier molecular flexibility index (Phi) is 4.91. The molecule has 28 heavy (non-hydrogen) atoms. The lowest BCUT2D eigenvalue weighted by molar-refractivity contribution is 0.0955. The van der Waals surface area contributed by atoms with Crippen LogP contribution in [-0.4, -0.2) is 21.7 Å². The van der Waals surface area contributed by atoms with E-state index in [1.54, 1.807) is 6.07 Å². The number of hydrogen-bond acceptors (Lipinski definition) is 3. The summed E-state index contributed by atoms with van der Waals surface area (Å²) in [6.45, 7) is 2.01. The van der Waals surface area contributed by atoms with Gasteiger partial charge in [0.05, 0.1) is 23.0 Å². The second kappa shape index (κ2) is 7.66. The van der Waals surface area contributed by atoms with Gasteiger partial charge in [0.15, 0.2) is 0 Å². The quantitative estimate of drug-likeness (QED) is 0.311. The molecule has 0 aliphatic rings. The van der Waals surface area contributed by atoms with E-state index in [2.05, 4.69) is 15.5 Å². The molecule has 4 rings (SSSR count). The van der Waals surface area contributed by atoms with Gasteiger partial charge in [-0.25, -0.2) is 10.4 Å². The molecule has 1 N–H and O–H groups in total. The second-order valence-electron chi connectivity index (χ2n) is 6.37. The molecule has 0 unspecified atom stereocenters. The maximum Gasteiger partial charge on any atom is 0.273 e. The zero-order chi connectivity index (χ0) is 19.5. The molecule has 2 heterocycles. The second-order valence-corrected chi connectivity index (χ2v) is 6.73. The van der Waals surface area contributed by atoms with Crippen molar-refractivity contribution >= 4 is 34.6 Å². The van der Waals surface area contributed by atoms with Crippen LogP contribution in [0.2, 0.25) is 5.15 Å². The van der Waals surface area contributed by atoms with E-state index in [4.69, 9.17) is 11.6 Å². The Hall–Kier alpha value is -3.44. The van der Waals surface area contributed by atoms with Crippen molar-refractivity contribution in [2.45, 2.75) is 6.92 Å². The van der Waals surface area contributed by atoms with E-state index in [1.807, 2.05) is 78.5 Å². The molecule has 0 spiro atoms. The van der Waals surface area contributed by atoms with Gasteiger partial charge in [-0.15, -0.1) is 0 Å². The van der Waals surface area contributed by atoms with Crippen LogP contribution in [0.15, 0.2) is 78.2 Å². The fraction of sp³-hybridized carbons (Fsp3) is 0.0455. The van der Waals surface area contributed by atoms with Crippen LogP contribution in [-0.2, 0) is 0 Å². The van der Waals surface area contributed by atoms with Crippen LogP contribution in [0.1, 0.15) is 21.5 Å². The standard InChI is InChI=1S/C22H17ClN4O/c1-15-8-9-16-13-17(21(23)25-19(16)12-15)14-24-26-22(28)18-6-2-3-7-20(18)27-10-4-5-11-27/h2-14H,1H3,(H,26,28)/b24-14-. The summed E-state index contributed by atoms with van der Waals surface area (Å²) in [5.41, 5.74) is 6.44. The molecule has 6 heteroatoms. The summed E-state index contributed by atoms with van der Waals surface area (Å²) in [7, 11) is 0. The molecule has 0 saturated carbocycles. The summed E-state index contributed by atoms with van der Waals surface area (Å²) in [6, 6.07) is 19.0. The first kappa shape index (κ1) is 17.9. The monoisotopic (exact) mass is 388 g/mol. The third kappa shape index (κ3) is 3.66. The maximum absolute atomic E-state index is 12.6. The van der Waals surface area contributed by atoms with Gasteiger partial charge in [-0.3, -0.25) is 4.79 Å². The number of aromatic nitrogens is 2. The van der Waals surface area contributed by atoms with E-state index in [-0.39, 0.29) is 5.91 Å². The lowest BCUT2D eigenvalue weighted by Gasteiger charge is -2.09. The zero-order valence-corrected chi connectivity index (χ0v) is 15.9. The molecule has 2 aromatic carbocycles. The highest BCUT2D eigenvalue weighted by Crippen LogP contribution is 2.20. The molecule has 138 valence electrons. The molecule has 0 aliphatic heterocycles. The molecule has 0 atom stereocenters. The number of nitrogens with zero attached hydrogens (tertiary/aromatic N) is 3. The molecule has 2 aromatic heterocycles. The maximum atomic E-state index is 12.6.